The summed E-state index contributed by atoms with van der Waals surface area (Å²) in [5, 5.41) is 15.2. The van der Waals surface area contributed by atoms with Crippen molar-refractivity contribution in [3.05, 3.63) is 527 Å². The van der Waals surface area contributed by atoms with Gasteiger partial charge in [0.25, 0.3) is 0 Å². The topological polar surface area (TPSA) is 19.7 Å². The van der Waals surface area contributed by atoms with Gasteiger partial charge in [-0.15, -0.1) is 0 Å². The van der Waals surface area contributed by atoms with E-state index in [1.807, 2.05) is 6.07 Å². The summed E-state index contributed by atoms with van der Waals surface area (Å²) >= 11 is 15.3. The Hall–Kier alpha value is -15.5. The van der Waals surface area contributed by atoms with Crippen LogP contribution in [0.4, 0.5) is 0 Å². The number of hydrogen-bond donors (Lipinski definition) is 0. The average Bonchev–Trinajstić information content (AvgIpc) is 1.57. The van der Waals surface area contributed by atoms with Crippen LogP contribution >= 0.6 is 63.7 Å². The van der Waals surface area contributed by atoms with Gasteiger partial charge in [-0.25, -0.2) is 0 Å². The second-order valence-corrected chi connectivity index (χ2v) is 37.7. The summed E-state index contributed by atoms with van der Waals surface area (Å²) in [6.07, 6.45) is 0. The predicted octanol–water partition coefficient (Wildman–Crippen LogP) is 37.8. The minimum absolute atomic E-state index is 1.09. The van der Waals surface area contributed by atoms with Gasteiger partial charge in [-0.2, -0.15) is 0 Å². The lowest BCUT2D eigenvalue weighted by molar-refractivity contribution is 1.18. The van der Waals surface area contributed by atoms with E-state index in [0.717, 1.165) is 17.9 Å². The molecular weight excluding hydrogens is 1910 g/mol. The van der Waals surface area contributed by atoms with E-state index in [4.69, 9.17) is 0 Å². The van der Waals surface area contributed by atoms with Crippen LogP contribution in [0.1, 0.15) is 0 Å². The van der Waals surface area contributed by atoms with Gasteiger partial charge in [0.2, 0.25) is 0 Å². The summed E-state index contributed by atoms with van der Waals surface area (Å²) in [4.78, 5) is 0. The number of para-hydroxylation sites is 8. The van der Waals surface area contributed by atoms with Crippen LogP contribution in [0.15, 0.2) is 527 Å². The molecule has 8 heteroatoms. The molecule has 4 aromatic heterocycles. The lowest BCUT2D eigenvalue weighted by atomic mass is 9.95. The molecule has 644 valence electrons. The number of hydrogen-bond acceptors (Lipinski definition) is 0. The van der Waals surface area contributed by atoms with E-state index in [0.29, 0.717) is 0 Å². The van der Waals surface area contributed by atoms with Crippen LogP contribution in [0.25, 0.3) is 221 Å². The number of fused-ring (bicyclic) bond motifs is 14. The third kappa shape index (κ3) is 16.2. The van der Waals surface area contributed by atoms with Gasteiger partial charge < -0.3 is 18.3 Å². The van der Waals surface area contributed by atoms with Crippen molar-refractivity contribution < 1.29 is 0 Å². The average molecular weight is 2000 g/mol. The van der Waals surface area contributed by atoms with Gasteiger partial charge >= 0.3 is 0 Å². The zero-order chi connectivity index (χ0) is 91.1. The molecule has 4 nitrogen and oxygen atoms in total. The van der Waals surface area contributed by atoms with Crippen LogP contribution in [-0.4, -0.2) is 18.3 Å². The number of aromatic nitrogens is 4. The van der Waals surface area contributed by atoms with Crippen LogP contribution in [-0.2, 0) is 0 Å². The molecule has 0 spiro atoms. The lowest BCUT2D eigenvalue weighted by Crippen LogP contribution is -1.93. The fraction of sp³-hybridized carbons (Fsp3) is 0. The highest BCUT2D eigenvalue weighted by Crippen LogP contribution is 2.46. The van der Waals surface area contributed by atoms with Crippen molar-refractivity contribution >= 4 is 172 Å². The van der Waals surface area contributed by atoms with Crippen molar-refractivity contribution in [2.45, 2.75) is 0 Å². The van der Waals surface area contributed by atoms with Crippen LogP contribution < -0.4 is 0 Å². The van der Waals surface area contributed by atoms with Gasteiger partial charge in [-0.1, -0.05) is 428 Å². The van der Waals surface area contributed by atoms with Gasteiger partial charge in [-0.3, -0.25) is 0 Å². The Kier molecular flexibility index (Phi) is 23.1. The zero-order valence-electron chi connectivity index (χ0n) is 73.8. The number of benzene rings is 22. The minimum Gasteiger partial charge on any atom is -0.309 e. The third-order valence-corrected chi connectivity index (χ3v) is 29.0. The van der Waals surface area contributed by atoms with E-state index in [2.05, 4.69) is 585 Å². The molecule has 0 aliphatic rings. The third-order valence-electron chi connectivity index (χ3n) is 26.3. The van der Waals surface area contributed by atoms with E-state index in [1.165, 1.54) is 221 Å². The van der Waals surface area contributed by atoms with Crippen molar-refractivity contribution in [2.75, 3.05) is 0 Å². The lowest BCUT2D eigenvalue weighted by Gasteiger charge is -2.12. The van der Waals surface area contributed by atoms with Crippen molar-refractivity contribution in [3.8, 4) is 112 Å². The summed E-state index contributed by atoms with van der Waals surface area (Å²) < 4.78 is 13.8. The maximum atomic E-state index is 3.84. The van der Waals surface area contributed by atoms with Crippen LogP contribution in [0.2, 0.25) is 0 Å². The number of nitrogens with zero attached hydrogens (tertiary/aromatic N) is 4. The van der Waals surface area contributed by atoms with E-state index < -0.39 is 0 Å². The van der Waals surface area contributed by atoms with Gasteiger partial charge in [0.15, 0.2) is 0 Å². The molecule has 0 radical (unpaired) electrons. The quantitative estimate of drug-likeness (QED) is 0.116. The first kappa shape index (κ1) is 84.7. The summed E-state index contributed by atoms with van der Waals surface area (Å²) in [6, 6.07) is 182. The van der Waals surface area contributed by atoms with Crippen molar-refractivity contribution in [1.29, 1.82) is 0 Å². The molecule has 26 aromatic rings. The molecular formula is C128H84Br4N4. The van der Waals surface area contributed by atoms with Crippen LogP contribution in [0.5, 0.6) is 0 Å². The van der Waals surface area contributed by atoms with Crippen LogP contribution in [0, 0.1) is 0 Å². The predicted molar refractivity (Wildman–Crippen MR) is 592 cm³/mol. The normalized spacial score (nSPS) is 11.4. The van der Waals surface area contributed by atoms with Crippen molar-refractivity contribution in [1.82, 2.24) is 18.3 Å². The molecule has 0 unspecified atom stereocenters. The summed E-state index contributed by atoms with van der Waals surface area (Å²) in [5.41, 5.74) is 33.7. The maximum absolute atomic E-state index is 3.84. The van der Waals surface area contributed by atoms with Gasteiger partial charge in [0.05, 0.1) is 44.1 Å². The Balaban J connectivity index is 0.000000102. The molecule has 0 amide bonds. The second kappa shape index (κ2) is 37.1. The van der Waals surface area contributed by atoms with E-state index in [1.54, 1.807) is 0 Å². The minimum atomic E-state index is 1.09. The molecule has 4 heterocycles. The van der Waals surface area contributed by atoms with Crippen LogP contribution in [0.3, 0.4) is 0 Å². The SMILES string of the molecule is Brc1cc(-c2ccccc2)ccc1-c1ccc2c3ccccc3n(-c3ccccc3)c2c1.Brc1ccc(-c2ccc3ccccc3c2)cc1-c1ccc2c3ccccc3n(-c3ccccc3)c2c1.Brc1ccc(-c2cccc3ccccc23)cc1-c1ccc2c3ccccc3n(-c3ccccc3)c2c1.Brc1ccc(-c2ccccc2)cc1-c1ccc2c3ccccc3n(-c3ccccc3)c2c1. The van der Waals surface area contributed by atoms with E-state index >= 15 is 0 Å². The Morgan fingerprint density at radius 1 is 0.118 bits per heavy atom. The summed E-state index contributed by atoms with van der Waals surface area (Å²) in [6.45, 7) is 0. The van der Waals surface area contributed by atoms with E-state index in [9.17, 15) is 0 Å². The van der Waals surface area contributed by atoms with Crippen molar-refractivity contribution in [3.63, 3.8) is 0 Å². The fourth-order valence-corrected chi connectivity index (χ4v) is 21.8. The molecule has 22 aromatic carbocycles. The first-order chi connectivity index (χ1) is 67.1. The van der Waals surface area contributed by atoms with Gasteiger partial charge in [-0.05, 0) is 256 Å². The number of halogens is 4. The molecule has 0 saturated carbocycles. The molecule has 0 fully saturated rings. The molecule has 136 heavy (non-hydrogen) atoms. The standard InChI is InChI=1S/2C34H22BrN.2C30H20BrN/c35-32-20-18-24(28-15-8-10-23-9-4-5-13-27(23)28)21-31(32)25-17-19-30-29-14-6-7-16-33(29)36(34(30)22-25)26-11-2-1-3-12-26;35-32-19-17-26(25-15-14-23-8-4-5-9-24(23)20-25)21-31(32)27-16-18-30-29-12-6-7-13-33(29)36(34(30)22-27)28-10-2-1-3-11-28;31-28-18-16-22(21-9-3-1-4-10-21)19-27(28)23-15-17-26-25-13-7-8-14-29(25)32(30(26)20-23)24-11-5-2-6-12-24;31-28-19-22(21-9-3-1-4-10-21)15-17-25(28)23-16-18-27-26-13-7-8-14-29(26)32(30(27)20-23)24-11-5-2-6-12-24/h2*1-22H;2*1-20H. The van der Waals surface area contributed by atoms with Gasteiger partial charge in [0.1, 0.15) is 0 Å². The molecule has 0 N–H and O–H groups in total. The Bertz CT molecular complexity index is 9000. The smallest absolute Gasteiger partial charge is 0.0547 e. The highest BCUT2D eigenvalue weighted by Gasteiger charge is 2.22. The monoisotopic (exact) mass is 1990 g/mol. The zero-order valence-corrected chi connectivity index (χ0v) is 80.1. The Labute approximate surface area is 822 Å². The molecule has 0 bridgehead atoms. The Morgan fingerprint density at radius 3 is 0.765 bits per heavy atom. The number of rotatable bonds is 12. The first-order valence-electron chi connectivity index (χ1n) is 45.8. The molecule has 26 rings (SSSR count). The fourth-order valence-electron chi connectivity index (χ4n) is 19.8. The molecule has 0 atom stereocenters. The Morgan fingerprint density at radius 2 is 0.375 bits per heavy atom. The first-order valence-corrected chi connectivity index (χ1v) is 48.9. The van der Waals surface area contributed by atoms with E-state index in [-0.39, 0.29) is 0 Å². The molecule has 0 aliphatic heterocycles. The van der Waals surface area contributed by atoms with Gasteiger partial charge in [0, 0.05) is 83.7 Å². The van der Waals surface area contributed by atoms with Crippen molar-refractivity contribution in [2.24, 2.45) is 0 Å². The summed E-state index contributed by atoms with van der Waals surface area (Å²) in [7, 11) is 0. The largest absolute Gasteiger partial charge is 0.309 e. The highest BCUT2D eigenvalue weighted by molar-refractivity contribution is 9.11. The molecule has 0 saturated heterocycles. The molecule has 0 aliphatic carbocycles. The maximum Gasteiger partial charge on any atom is 0.0547 e. The summed E-state index contributed by atoms with van der Waals surface area (Å²) in [5.74, 6) is 0. The second-order valence-electron chi connectivity index (χ2n) is 34.3. The highest BCUT2D eigenvalue weighted by atomic mass is 79.9.